The van der Waals surface area contributed by atoms with E-state index in [4.69, 9.17) is 4.74 Å². The molecule has 0 heterocycles. The Morgan fingerprint density at radius 3 is 2.79 bits per heavy atom. The molecule has 0 aliphatic heterocycles. The van der Waals surface area contributed by atoms with Crippen LogP contribution in [-0.4, -0.2) is 17.9 Å². The lowest BCUT2D eigenvalue weighted by atomic mass is 9.50. The smallest absolute Gasteiger partial charge is 0.303 e. The second-order valence-electron chi connectivity index (χ2n) is 8.77. The van der Waals surface area contributed by atoms with Crippen molar-refractivity contribution in [1.82, 2.24) is 0 Å². The molecule has 3 heteroatoms. The molecular formula is C21H28O3. The third-order valence-corrected chi connectivity index (χ3v) is 7.60. The van der Waals surface area contributed by atoms with Gasteiger partial charge in [-0.05, 0) is 61.3 Å². The number of fused-ring (bicyclic) bond motifs is 5. The topological polar surface area (TPSA) is 43.4 Å². The molecule has 2 saturated carbocycles. The van der Waals surface area contributed by atoms with Crippen LogP contribution in [-0.2, 0) is 14.3 Å². The summed E-state index contributed by atoms with van der Waals surface area (Å²) in [5.41, 5.74) is 1.60. The highest BCUT2D eigenvalue weighted by molar-refractivity contribution is 5.87. The van der Waals surface area contributed by atoms with E-state index in [1.54, 1.807) is 5.57 Å². The number of hydrogen-bond donors (Lipinski definition) is 0. The van der Waals surface area contributed by atoms with E-state index in [9.17, 15) is 9.59 Å². The standard InChI is InChI=1S/C21H28O3/c1-13(22)24-15-8-10-20(2)14(12-15)4-5-16-17-6-7-19(23)21(17,3)11-9-18(16)20/h5,8,10,14-15,17-18H,4,6-7,9,11-12H2,1-3H3/t14?,15?,17?,18?,20-,21-/m0/s1. The highest BCUT2D eigenvalue weighted by Crippen LogP contribution is 2.62. The Bertz CT molecular complexity index is 645. The number of carbonyl (C=O) groups excluding carboxylic acids is 2. The summed E-state index contributed by atoms with van der Waals surface area (Å²) in [5.74, 6) is 1.82. The molecule has 6 atom stereocenters. The Labute approximate surface area is 144 Å². The van der Waals surface area contributed by atoms with Gasteiger partial charge in [0.05, 0.1) is 0 Å². The summed E-state index contributed by atoms with van der Waals surface area (Å²) in [6.45, 7) is 6.07. The fourth-order valence-corrected chi connectivity index (χ4v) is 6.12. The van der Waals surface area contributed by atoms with Crippen LogP contribution in [0, 0.1) is 28.6 Å². The average Bonchev–Trinajstić information content (AvgIpc) is 2.83. The molecule has 0 aromatic carbocycles. The van der Waals surface area contributed by atoms with Crippen molar-refractivity contribution in [2.45, 2.75) is 65.4 Å². The van der Waals surface area contributed by atoms with Gasteiger partial charge in [0.25, 0.3) is 0 Å². The van der Waals surface area contributed by atoms with Crippen LogP contribution in [0.4, 0.5) is 0 Å². The number of hydrogen-bond acceptors (Lipinski definition) is 3. The van der Waals surface area contributed by atoms with Crippen LogP contribution in [0.2, 0.25) is 0 Å². The number of rotatable bonds is 1. The molecule has 0 saturated heterocycles. The van der Waals surface area contributed by atoms with E-state index in [0.29, 0.717) is 23.5 Å². The molecule has 0 amide bonds. The first-order chi connectivity index (χ1) is 11.3. The number of carbonyl (C=O) groups is 2. The molecule has 2 fully saturated rings. The maximum Gasteiger partial charge on any atom is 0.303 e. The molecule has 0 radical (unpaired) electrons. The van der Waals surface area contributed by atoms with E-state index in [2.05, 4.69) is 32.1 Å². The predicted molar refractivity (Wildman–Crippen MR) is 92.2 cm³/mol. The van der Waals surface area contributed by atoms with E-state index < -0.39 is 0 Å². The average molecular weight is 328 g/mol. The van der Waals surface area contributed by atoms with E-state index >= 15 is 0 Å². The van der Waals surface area contributed by atoms with Gasteiger partial charge in [0.1, 0.15) is 11.9 Å². The van der Waals surface area contributed by atoms with Crippen LogP contribution >= 0.6 is 0 Å². The second kappa shape index (κ2) is 5.31. The SMILES string of the molecule is CC(=O)OC1C=C[C@@]2(C)C(CC=C3C2CC[C@]2(C)C(=O)CCC32)C1. The molecule has 0 aromatic heterocycles. The normalized spacial score (nSPS) is 46.6. The number of Topliss-reactive ketones (excluding diaryl/α,β-unsaturated/α-hetero) is 1. The zero-order valence-electron chi connectivity index (χ0n) is 15.0. The summed E-state index contributed by atoms with van der Waals surface area (Å²) in [6.07, 6.45) is 12.7. The van der Waals surface area contributed by atoms with Crippen molar-refractivity contribution in [3.63, 3.8) is 0 Å². The van der Waals surface area contributed by atoms with Crippen molar-refractivity contribution in [2.24, 2.45) is 28.6 Å². The van der Waals surface area contributed by atoms with Gasteiger partial charge in [0, 0.05) is 18.8 Å². The van der Waals surface area contributed by atoms with Gasteiger partial charge < -0.3 is 4.74 Å². The van der Waals surface area contributed by atoms with Crippen molar-refractivity contribution in [1.29, 1.82) is 0 Å². The van der Waals surface area contributed by atoms with Crippen molar-refractivity contribution in [3.05, 3.63) is 23.8 Å². The Morgan fingerprint density at radius 1 is 1.25 bits per heavy atom. The fourth-order valence-electron chi connectivity index (χ4n) is 6.12. The maximum absolute atomic E-state index is 12.4. The van der Waals surface area contributed by atoms with Gasteiger partial charge in [-0.25, -0.2) is 0 Å². The molecule has 130 valence electrons. The van der Waals surface area contributed by atoms with Gasteiger partial charge in [0.2, 0.25) is 0 Å². The van der Waals surface area contributed by atoms with Crippen LogP contribution in [0.15, 0.2) is 23.8 Å². The van der Waals surface area contributed by atoms with Crippen LogP contribution < -0.4 is 0 Å². The summed E-state index contributed by atoms with van der Waals surface area (Å²) in [5, 5.41) is 0. The first kappa shape index (κ1) is 16.1. The zero-order valence-corrected chi connectivity index (χ0v) is 15.0. The Balaban J connectivity index is 1.63. The molecule has 0 spiro atoms. The minimum absolute atomic E-state index is 0.0718. The van der Waals surface area contributed by atoms with Gasteiger partial charge >= 0.3 is 5.97 Å². The van der Waals surface area contributed by atoms with E-state index in [1.165, 1.54) is 6.92 Å². The molecule has 0 N–H and O–H groups in total. The summed E-state index contributed by atoms with van der Waals surface area (Å²) in [7, 11) is 0. The molecule has 0 bridgehead atoms. The first-order valence-corrected chi connectivity index (χ1v) is 9.44. The quantitative estimate of drug-likeness (QED) is 0.534. The third kappa shape index (κ3) is 2.16. The lowest BCUT2D eigenvalue weighted by Crippen LogP contribution is -2.48. The minimum atomic E-state index is -0.196. The van der Waals surface area contributed by atoms with Gasteiger partial charge in [-0.15, -0.1) is 0 Å². The molecule has 4 aliphatic rings. The van der Waals surface area contributed by atoms with Gasteiger partial charge in [-0.2, -0.15) is 0 Å². The predicted octanol–water partition coefficient (Wildman–Crippen LogP) is 4.23. The Morgan fingerprint density at radius 2 is 2.04 bits per heavy atom. The molecule has 3 nitrogen and oxygen atoms in total. The highest BCUT2D eigenvalue weighted by atomic mass is 16.5. The number of esters is 1. The van der Waals surface area contributed by atoms with E-state index in [0.717, 1.165) is 38.5 Å². The second-order valence-corrected chi connectivity index (χ2v) is 8.77. The van der Waals surface area contributed by atoms with Crippen LogP contribution in [0.25, 0.3) is 0 Å². The van der Waals surface area contributed by atoms with Crippen LogP contribution in [0.5, 0.6) is 0 Å². The van der Waals surface area contributed by atoms with E-state index in [1.807, 2.05) is 0 Å². The van der Waals surface area contributed by atoms with Crippen molar-refractivity contribution in [3.8, 4) is 0 Å². The molecule has 4 rings (SSSR count). The van der Waals surface area contributed by atoms with Gasteiger partial charge in [0.15, 0.2) is 0 Å². The maximum atomic E-state index is 12.4. The van der Waals surface area contributed by atoms with Crippen LogP contribution in [0.3, 0.4) is 0 Å². The molecule has 0 aromatic rings. The fraction of sp³-hybridized carbons (Fsp3) is 0.714. The van der Waals surface area contributed by atoms with Gasteiger partial charge in [-0.1, -0.05) is 31.6 Å². The minimum Gasteiger partial charge on any atom is -0.458 e. The Kier molecular flexibility index (Phi) is 3.56. The summed E-state index contributed by atoms with van der Waals surface area (Å²) >= 11 is 0. The van der Waals surface area contributed by atoms with Crippen molar-refractivity contribution >= 4 is 11.8 Å². The van der Waals surface area contributed by atoms with Gasteiger partial charge in [-0.3, -0.25) is 9.59 Å². The van der Waals surface area contributed by atoms with Crippen LogP contribution in [0.1, 0.15) is 59.3 Å². The lowest BCUT2D eigenvalue weighted by Gasteiger charge is -2.54. The summed E-state index contributed by atoms with van der Waals surface area (Å²) < 4.78 is 5.43. The zero-order chi connectivity index (χ0) is 17.1. The number of ether oxygens (including phenoxy) is 1. The number of allylic oxidation sites excluding steroid dienone is 3. The third-order valence-electron chi connectivity index (χ3n) is 7.60. The van der Waals surface area contributed by atoms with Crippen molar-refractivity contribution in [2.75, 3.05) is 0 Å². The Hall–Kier alpha value is -1.38. The molecular weight excluding hydrogens is 300 g/mol. The molecule has 4 unspecified atom stereocenters. The van der Waals surface area contributed by atoms with E-state index in [-0.39, 0.29) is 22.9 Å². The monoisotopic (exact) mass is 328 g/mol. The lowest BCUT2D eigenvalue weighted by molar-refractivity contribution is -0.145. The molecule has 4 aliphatic carbocycles. The van der Waals surface area contributed by atoms with Crippen molar-refractivity contribution < 1.29 is 14.3 Å². The summed E-state index contributed by atoms with van der Waals surface area (Å²) in [6, 6.07) is 0. The number of ketones is 1. The highest BCUT2D eigenvalue weighted by Gasteiger charge is 2.56. The largest absolute Gasteiger partial charge is 0.458 e. The molecule has 24 heavy (non-hydrogen) atoms. The first-order valence-electron chi connectivity index (χ1n) is 9.44. The summed E-state index contributed by atoms with van der Waals surface area (Å²) in [4.78, 5) is 23.7.